The second-order valence-corrected chi connectivity index (χ2v) is 4.08. The van der Waals surface area contributed by atoms with Crippen LogP contribution in [0.3, 0.4) is 0 Å². The summed E-state index contributed by atoms with van der Waals surface area (Å²) in [5, 5.41) is 0. The Balaban J connectivity index is 2.29. The van der Waals surface area contributed by atoms with E-state index in [-0.39, 0.29) is 6.01 Å². The fourth-order valence-corrected chi connectivity index (χ4v) is 1.34. The van der Waals surface area contributed by atoms with Gasteiger partial charge >= 0.3 is 6.01 Å². The first kappa shape index (κ1) is 10.9. The number of benzene rings is 1. The van der Waals surface area contributed by atoms with Crippen molar-refractivity contribution in [1.82, 2.24) is 9.97 Å². The van der Waals surface area contributed by atoms with Gasteiger partial charge in [0.2, 0.25) is 0 Å². The lowest BCUT2D eigenvalue weighted by Crippen LogP contribution is -2.04. The molecule has 0 amide bonds. The van der Waals surface area contributed by atoms with Crippen molar-refractivity contribution < 1.29 is 4.74 Å². The minimum absolute atomic E-state index is 0.154. The molecule has 0 aliphatic rings. The van der Waals surface area contributed by atoms with Gasteiger partial charge in [-0.3, -0.25) is 0 Å². The number of aromatic nitrogens is 2. The lowest BCUT2D eigenvalue weighted by atomic mass is 10.3. The monoisotopic (exact) mass is 328 g/mol. The molecule has 82 valence electrons. The van der Waals surface area contributed by atoms with Gasteiger partial charge in [0.05, 0.1) is 3.57 Å². The Bertz CT molecular complexity index is 480. The molecular weight excluding hydrogens is 319 g/mol. The Morgan fingerprint density at radius 3 is 2.12 bits per heavy atom. The molecule has 1 aromatic heterocycles. The summed E-state index contributed by atoms with van der Waals surface area (Å²) in [6, 6.07) is 9.36. The van der Waals surface area contributed by atoms with Crippen LogP contribution >= 0.6 is 22.6 Å². The van der Waals surface area contributed by atoms with Gasteiger partial charge in [-0.05, 0) is 34.7 Å². The third kappa shape index (κ3) is 2.32. The molecule has 0 atom stereocenters. The van der Waals surface area contributed by atoms with Crippen molar-refractivity contribution in [1.29, 1.82) is 0 Å². The lowest BCUT2D eigenvalue weighted by molar-refractivity contribution is 0.443. The third-order valence-electron chi connectivity index (χ3n) is 1.83. The van der Waals surface area contributed by atoms with Gasteiger partial charge in [-0.1, -0.05) is 18.2 Å². The van der Waals surface area contributed by atoms with E-state index < -0.39 is 0 Å². The molecule has 1 aromatic carbocycles. The van der Waals surface area contributed by atoms with Crippen LogP contribution in [-0.4, -0.2) is 9.97 Å². The molecule has 0 bridgehead atoms. The second-order valence-electron chi connectivity index (χ2n) is 3.01. The maximum Gasteiger partial charge on any atom is 0.325 e. The second kappa shape index (κ2) is 4.52. The first-order valence-electron chi connectivity index (χ1n) is 4.48. The first-order chi connectivity index (χ1) is 7.66. The molecule has 0 saturated heterocycles. The van der Waals surface area contributed by atoms with Gasteiger partial charge in [-0.15, -0.1) is 0 Å². The van der Waals surface area contributed by atoms with Crippen LogP contribution in [0.5, 0.6) is 11.8 Å². The Hall–Kier alpha value is -1.57. The number of rotatable bonds is 2. The van der Waals surface area contributed by atoms with Crippen molar-refractivity contribution in [3.05, 3.63) is 33.9 Å². The SMILES string of the molecule is Nc1nc(Oc2ccccc2)nc(N)c1I. The van der Waals surface area contributed by atoms with Gasteiger partial charge in [0.15, 0.2) is 0 Å². The highest BCUT2D eigenvalue weighted by molar-refractivity contribution is 14.1. The maximum atomic E-state index is 5.66. The Morgan fingerprint density at radius 2 is 1.56 bits per heavy atom. The molecule has 2 rings (SSSR count). The zero-order valence-electron chi connectivity index (χ0n) is 8.22. The number of anilines is 2. The van der Waals surface area contributed by atoms with E-state index in [1.54, 1.807) is 12.1 Å². The van der Waals surface area contributed by atoms with E-state index in [0.29, 0.717) is 21.0 Å². The number of halogens is 1. The van der Waals surface area contributed by atoms with E-state index in [2.05, 4.69) is 9.97 Å². The minimum atomic E-state index is 0.154. The summed E-state index contributed by atoms with van der Waals surface area (Å²) in [7, 11) is 0. The van der Waals surface area contributed by atoms with E-state index in [9.17, 15) is 0 Å². The van der Waals surface area contributed by atoms with Crippen molar-refractivity contribution >= 4 is 34.2 Å². The van der Waals surface area contributed by atoms with Crippen LogP contribution in [0.2, 0.25) is 0 Å². The summed E-state index contributed by atoms with van der Waals surface area (Å²) in [6.07, 6.45) is 0. The average molecular weight is 328 g/mol. The fourth-order valence-electron chi connectivity index (χ4n) is 1.10. The molecule has 0 fully saturated rings. The van der Waals surface area contributed by atoms with Crippen LogP contribution in [0.4, 0.5) is 11.6 Å². The predicted molar refractivity (Wildman–Crippen MR) is 70.1 cm³/mol. The summed E-state index contributed by atoms with van der Waals surface area (Å²) >= 11 is 1.99. The Labute approximate surface area is 106 Å². The first-order valence-corrected chi connectivity index (χ1v) is 5.56. The highest BCUT2D eigenvalue weighted by Crippen LogP contribution is 2.23. The van der Waals surface area contributed by atoms with E-state index in [1.807, 2.05) is 40.8 Å². The number of nitrogens with two attached hydrogens (primary N) is 2. The smallest absolute Gasteiger partial charge is 0.325 e. The van der Waals surface area contributed by atoms with Crippen LogP contribution in [0.1, 0.15) is 0 Å². The third-order valence-corrected chi connectivity index (χ3v) is 2.94. The molecule has 0 radical (unpaired) electrons. The fraction of sp³-hybridized carbons (Fsp3) is 0. The molecule has 5 nitrogen and oxygen atoms in total. The van der Waals surface area contributed by atoms with Crippen molar-refractivity contribution in [2.45, 2.75) is 0 Å². The number of nitrogens with zero attached hydrogens (tertiary/aromatic N) is 2. The van der Waals surface area contributed by atoms with Crippen molar-refractivity contribution in [2.75, 3.05) is 11.5 Å². The summed E-state index contributed by atoms with van der Waals surface area (Å²) in [4.78, 5) is 7.97. The minimum Gasteiger partial charge on any atom is -0.424 e. The van der Waals surface area contributed by atoms with E-state index >= 15 is 0 Å². The maximum absolute atomic E-state index is 5.66. The molecule has 0 unspecified atom stereocenters. The highest BCUT2D eigenvalue weighted by atomic mass is 127. The number of nitrogen functional groups attached to an aromatic ring is 2. The van der Waals surface area contributed by atoms with E-state index in [1.165, 1.54) is 0 Å². The highest BCUT2D eigenvalue weighted by Gasteiger charge is 2.08. The van der Waals surface area contributed by atoms with Crippen LogP contribution in [0.15, 0.2) is 30.3 Å². The summed E-state index contributed by atoms with van der Waals surface area (Å²) in [6.45, 7) is 0. The van der Waals surface area contributed by atoms with Gasteiger partial charge in [0.1, 0.15) is 17.4 Å². The number of para-hydroxylation sites is 1. The molecule has 16 heavy (non-hydrogen) atoms. The topological polar surface area (TPSA) is 87.0 Å². The molecule has 0 saturated carbocycles. The molecule has 0 aliphatic carbocycles. The molecule has 6 heteroatoms. The lowest BCUT2D eigenvalue weighted by Gasteiger charge is -2.06. The van der Waals surface area contributed by atoms with E-state index in [4.69, 9.17) is 16.2 Å². The number of hydrogen-bond acceptors (Lipinski definition) is 5. The molecule has 2 aromatic rings. The van der Waals surface area contributed by atoms with Crippen LogP contribution < -0.4 is 16.2 Å². The van der Waals surface area contributed by atoms with E-state index in [0.717, 1.165) is 0 Å². The Morgan fingerprint density at radius 1 is 1.00 bits per heavy atom. The van der Waals surface area contributed by atoms with Gasteiger partial charge in [0, 0.05) is 0 Å². The zero-order valence-corrected chi connectivity index (χ0v) is 10.4. The molecule has 1 heterocycles. The summed E-state index contributed by atoms with van der Waals surface area (Å²) < 4.78 is 6.05. The van der Waals surface area contributed by atoms with Gasteiger partial charge < -0.3 is 16.2 Å². The summed E-state index contributed by atoms with van der Waals surface area (Å²) in [5.41, 5.74) is 11.3. The average Bonchev–Trinajstić information content (AvgIpc) is 2.27. The quantitative estimate of drug-likeness (QED) is 0.824. The van der Waals surface area contributed by atoms with Gasteiger partial charge in [-0.25, -0.2) is 0 Å². The Kier molecular flexibility index (Phi) is 3.09. The van der Waals surface area contributed by atoms with Crippen molar-refractivity contribution in [3.63, 3.8) is 0 Å². The molecule has 4 N–H and O–H groups in total. The van der Waals surface area contributed by atoms with Gasteiger partial charge in [-0.2, -0.15) is 9.97 Å². The molecular formula is C10H9IN4O. The largest absolute Gasteiger partial charge is 0.424 e. The van der Waals surface area contributed by atoms with Crippen LogP contribution in [0, 0.1) is 3.57 Å². The zero-order chi connectivity index (χ0) is 11.5. The molecule has 0 aliphatic heterocycles. The van der Waals surface area contributed by atoms with Gasteiger partial charge in [0.25, 0.3) is 0 Å². The standard InChI is InChI=1S/C10H9IN4O/c11-7-8(12)14-10(15-9(7)13)16-6-4-2-1-3-5-6/h1-5H,(H4,12,13,14,15). The summed E-state index contributed by atoms with van der Waals surface area (Å²) in [5.74, 6) is 1.28. The normalized spacial score (nSPS) is 10.1. The van der Waals surface area contributed by atoms with Crippen molar-refractivity contribution in [2.24, 2.45) is 0 Å². The number of hydrogen-bond donors (Lipinski definition) is 2. The predicted octanol–water partition coefficient (Wildman–Crippen LogP) is 2.04. The molecule has 0 spiro atoms. The van der Waals surface area contributed by atoms with Crippen LogP contribution in [-0.2, 0) is 0 Å². The number of ether oxygens (including phenoxy) is 1. The van der Waals surface area contributed by atoms with Crippen LogP contribution in [0.25, 0.3) is 0 Å². The van der Waals surface area contributed by atoms with Crippen molar-refractivity contribution in [3.8, 4) is 11.8 Å².